The van der Waals surface area contributed by atoms with Crippen molar-refractivity contribution >= 4 is 16.8 Å². The fourth-order valence-corrected chi connectivity index (χ4v) is 3.53. The Morgan fingerprint density at radius 1 is 1.24 bits per heavy atom. The monoisotopic (exact) mass is 339 g/mol. The molecule has 3 heterocycles. The van der Waals surface area contributed by atoms with Gasteiger partial charge in [-0.15, -0.1) is 5.10 Å². The van der Waals surface area contributed by atoms with Gasteiger partial charge in [0.15, 0.2) is 0 Å². The van der Waals surface area contributed by atoms with Crippen LogP contribution in [0.2, 0.25) is 0 Å². The van der Waals surface area contributed by atoms with Gasteiger partial charge in [0, 0.05) is 37.4 Å². The van der Waals surface area contributed by atoms with Crippen LogP contribution in [0.5, 0.6) is 0 Å². The number of likely N-dealkylation sites (tertiary alicyclic amines) is 1. The predicted molar refractivity (Wildman–Crippen MR) is 92.7 cm³/mol. The minimum absolute atomic E-state index is 0.0762. The van der Waals surface area contributed by atoms with Crippen molar-refractivity contribution in [2.45, 2.75) is 31.5 Å². The van der Waals surface area contributed by atoms with E-state index in [0.717, 1.165) is 5.52 Å². The van der Waals surface area contributed by atoms with E-state index < -0.39 is 5.60 Å². The number of nitrogens with zero attached hydrogens (tertiary/aromatic N) is 5. The van der Waals surface area contributed by atoms with Gasteiger partial charge in [-0.3, -0.25) is 4.79 Å². The average Bonchev–Trinajstić information content (AvgIpc) is 3.33. The highest BCUT2D eigenvalue weighted by molar-refractivity contribution is 5.80. The van der Waals surface area contributed by atoms with Crippen LogP contribution in [0.15, 0.2) is 48.9 Å². The number of para-hydroxylation sites is 1. The smallest absolute Gasteiger partial charge is 0.224 e. The van der Waals surface area contributed by atoms with Gasteiger partial charge in [0.25, 0.3) is 0 Å². The van der Waals surface area contributed by atoms with Gasteiger partial charge < -0.3 is 14.6 Å². The molecule has 2 aromatic heterocycles. The number of aryl methyl sites for hydroxylation is 1. The maximum atomic E-state index is 12.5. The highest BCUT2D eigenvalue weighted by atomic mass is 16.3. The summed E-state index contributed by atoms with van der Waals surface area (Å²) in [6.45, 7) is 1.93. The highest BCUT2D eigenvalue weighted by Crippen LogP contribution is 2.24. The van der Waals surface area contributed by atoms with Crippen molar-refractivity contribution in [3.8, 4) is 0 Å². The number of benzene rings is 1. The molecule has 1 unspecified atom stereocenters. The molecule has 1 fully saturated rings. The Morgan fingerprint density at radius 3 is 2.96 bits per heavy atom. The molecule has 3 aromatic rings. The van der Waals surface area contributed by atoms with Crippen LogP contribution in [0.25, 0.3) is 10.9 Å². The second kappa shape index (κ2) is 6.33. The first-order valence-electron chi connectivity index (χ1n) is 8.51. The van der Waals surface area contributed by atoms with Crippen LogP contribution < -0.4 is 0 Å². The molecule has 1 atom stereocenters. The fourth-order valence-electron chi connectivity index (χ4n) is 3.53. The number of carbonyl (C=O) groups excluding carboxylic acids is 1. The van der Waals surface area contributed by atoms with E-state index in [1.165, 1.54) is 5.39 Å². The lowest BCUT2D eigenvalue weighted by atomic mass is 10.0. The lowest BCUT2D eigenvalue weighted by Gasteiger charge is -2.23. The number of hydrogen-bond acceptors (Lipinski definition) is 4. The summed E-state index contributed by atoms with van der Waals surface area (Å²) in [5.41, 5.74) is 0.211. The van der Waals surface area contributed by atoms with Crippen LogP contribution in [0.4, 0.5) is 0 Å². The number of carbonyl (C=O) groups is 1. The lowest BCUT2D eigenvalue weighted by Crippen LogP contribution is -2.39. The number of fused-ring (bicyclic) bond motifs is 1. The van der Waals surface area contributed by atoms with Crippen molar-refractivity contribution in [3.63, 3.8) is 0 Å². The van der Waals surface area contributed by atoms with Gasteiger partial charge in [0.05, 0.1) is 19.3 Å². The molecule has 1 aromatic carbocycles. The van der Waals surface area contributed by atoms with E-state index in [-0.39, 0.29) is 5.91 Å². The van der Waals surface area contributed by atoms with Gasteiger partial charge in [0.2, 0.25) is 5.91 Å². The molecule has 0 aliphatic carbocycles. The molecule has 0 bridgehead atoms. The Bertz CT molecular complexity index is 873. The molecule has 1 aliphatic rings. The Balaban J connectivity index is 1.36. The summed E-state index contributed by atoms with van der Waals surface area (Å²) in [5.74, 6) is 0.0762. The third-order valence-electron chi connectivity index (χ3n) is 4.86. The Kier molecular flexibility index (Phi) is 4.01. The van der Waals surface area contributed by atoms with Crippen LogP contribution >= 0.6 is 0 Å². The van der Waals surface area contributed by atoms with Crippen molar-refractivity contribution in [1.82, 2.24) is 24.5 Å². The number of rotatable bonds is 5. The summed E-state index contributed by atoms with van der Waals surface area (Å²) in [7, 11) is 0. The molecular formula is C18H21N5O2. The molecular weight excluding hydrogens is 318 g/mol. The van der Waals surface area contributed by atoms with Gasteiger partial charge in [-0.05, 0) is 23.9 Å². The molecule has 4 rings (SSSR count). The van der Waals surface area contributed by atoms with E-state index in [0.29, 0.717) is 39.0 Å². The van der Waals surface area contributed by atoms with Gasteiger partial charge >= 0.3 is 0 Å². The third kappa shape index (κ3) is 3.28. The van der Waals surface area contributed by atoms with Crippen molar-refractivity contribution in [2.24, 2.45) is 0 Å². The van der Waals surface area contributed by atoms with E-state index >= 15 is 0 Å². The molecule has 0 radical (unpaired) electrons. The third-order valence-corrected chi connectivity index (χ3v) is 4.86. The zero-order valence-corrected chi connectivity index (χ0v) is 14.0. The number of amides is 1. The van der Waals surface area contributed by atoms with Crippen molar-refractivity contribution in [1.29, 1.82) is 0 Å². The van der Waals surface area contributed by atoms with Crippen LogP contribution in [-0.2, 0) is 17.9 Å². The van der Waals surface area contributed by atoms with E-state index in [2.05, 4.69) is 33.1 Å². The van der Waals surface area contributed by atoms with Gasteiger partial charge in [-0.25, -0.2) is 4.68 Å². The zero-order valence-electron chi connectivity index (χ0n) is 14.0. The molecule has 1 aliphatic heterocycles. The van der Waals surface area contributed by atoms with Crippen LogP contribution in [0.1, 0.15) is 12.8 Å². The standard InChI is InChI=1S/C18H21N5O2/c24-17(6-10-21-9-5-15-3-1-2-4-16(15)21)22-11-7-18(25,13-22)14-23-12-8-19-20-23/h1-5,8-9,12,25H,6-7,10-11,13-14H2. The quantitative estimate of drug-likeness (QED) is 0.760. The lowest BCUT2D eigenvalue weighted by molar-refractivity contribution is -0.131. The molecule has 1 saturated heterocycles. The van der Waals surface area contributed by atoms with Crippen molar-refractivity contribution in [3.05, 3.63) is 48.9 Å². The first kappa shape index (κ1) is 15.8. The summed E-state index contributed by atoms with van der Waals surface area (Å²) in [6, 6.07) is 10.2. The second-order valence-corrected chi connectivity index (χ2v) is 6.71. The minimum atomic E-state index is -0.927. The highest BCUT2D eigenvalue weighted by Gasteiger charge is 2.38. The molecule has 7 heteroatoms. The number of aromatic nitrogens is 4. The van der Waals surface area contributed by atoms with Gasteiger partial charge in [0.1, 0.15) is 5.60 Å². The van der Waals surface area contributed by atoms with E-state index in [1.54, 1.807) is 22.0 Å². The predicted octanol–water partition coefficient (Wildman–Crippen LogP) is 1.29. The number of aliphatic hydroxyl groups is 1. The van der Waals surface area contributed by atoms with Crippen LogP contribution in [0.3, 0.4) is 0 Å². The SMILES string of the molecule is O=C(CCn1ccc2ccccc21)N1CCC(O)(Cn2ccnn2)C1. The van der Waals surface area contributed by atoms with Crippen molar-refractivity contribution < 1.29 is 9.90 Å². The zero-order chi connectivity index (χ0) is 17.3. The van der Waals surface area contributed by atoms with E-state index in [4.69, 9.17) is 0 Å². The molecule has 130 valence electrons. The average molecular weight is 339 g/mol. The van der Waals surface area contributed by atoms with Gasteiger partial charge in [-0.1, -0.05) is 23.4 Å². The molecule has 0 spiro atoms. The topological polar surface area (TPSA) is 76.2 Å². The summed E-state index contributed by atoms with van der Waals surface area (Å²) >= 11 is 0. The molecule has 0 saturated carbocycles. The molecule has 25 heavy (non-hydrogen) atoms. The van der Waals surface area contributed by atoms with Crippen LogP contribution in [0, 0.1) is 0 Å². The minimum Gasteiger partial charge on any atom is -0.386 e. The first-order valence-corrected chi connectivity index (χ1v) is 8.51. The number of hydrogen-bond donors (Lipinski definition) is 1. The fraction of sp³-hybridized carbons (Fsp3) is 0.389. The van der Waals surface area contributed by atoms with E-state index in [1.807, 2.05) is 18.3 Å². The van der Waals surface area contributed by atoms with E-state index in [9.17, 15) is 9.90 Å². The Labute approximate surface area is 145 Å². The first-order chi connectivity index (χ1) is 12.1. The summed E-state index contributed by atoms with van der Waals surface area (Å²) in [5, 5.41) is 19.5. The maximum absolute atomic E-state index is 12.5. The second-order valence-electron chi connectivity index (χ2n) is 6.71. The Hall–Kier alpha value is -2.67. The van der Waals surface area contributed by atoms with Crippen molar-refractivity contribution in [2.75, 3.05) is 13.1 Å². The number of β-amino-alcohol motifs (C(OH)–C–C–N with tert-alkyl or cyclic N) is 1. The summed E-state index contributed by atoms with van der Waals surface area (Å²) in [4.78, 5) is 14.3. The molecule has 7 nitrogen and oxygen atoms in total. The normalized spacial score (nSPS) is 20.4. The molecule has 1 amide bonds. The largest absolute Gasteiger partial charge is 0.386 e. The maximum Gasteiger partial charge on any atom is 0.224 e. The summed E-state index contributed by atoms with van der Waals surface area (Å²) < 4.78 is 3.71. The Morgan fingerprint density at radius 2 is 2.12 bits per heavy atom. The van der Waals surface area contributed by atoms with Gasteiger partial charge in [-0.2, -0.15) is 0 Å². The summed E-state index contributed by atoms with van der Waals surface area (Å²) in [6.07, 6.45) is 6.31. The van der Waals surface area contributed by atoms with Crippen LogP contribution in [-0.4, -0.2) is 54.2 Å². The molecule has 1 N–H and O–H groups in total.